The van der Waals surface area contributed by atoms with Crippen LogP contribution in [0.2, 0.25) is 5.02 Å². The molecule has 0 fully saturated rings. The number of halogens is 1. The Morgan fingerprint density at radius 2 is 2.17 bits per heavy atom. The number of benzene rings is 2. The van der Waals surface area contributed by atoms with Crippen molar-refractivity contribution in [1.29, 1.82) is 0 Å². The molecule has 0 saturated heterocycles. The molecule has 0 radical (unpaired) electrons. The molecule has 154 valence electrons. The van der Waals surface area contributed by atoms with Gasteiger partial charge in [0.05, 0.1) is 12.7 Å². The van der Waals surface area contributed by atoms with Gasteiger partial charge in [-0.3, -0.25) is 0 Å². The number of rotatable bonds is 7. The molecule has 5 heteroatoms. The molecule has 29 heavy (non-hydrogen) atoms. The molecule has 0 spiro atoms. The summed E-state index contributed by atoms with van der Waals surface area (Å²) in [5, 5.41) is 14.6. The zero-order chi connectivity index (χ0) is 20.6. The van der Waals surface area contributed by atoms with Gasteiger partial charge in [0.25, 0.3) is 0 Å². The zero-order valence-corrected chi connectivity index (χ0v) is 17.5. The molecule has 1 aliphatic carbocycles. The maximum absolute atomic E-state index is 11.5. The van der Waals surface area contributed by atoms with E-state index in [2.05, 4.69) is 17.4 Å². The molecule has 0 aliphatic heterocycles. The van der Waals surface area contributed by atoms with Crippen molar-refractivity contribution in [3.63, 3.8) is 0 Å². The van der Waals surface area contributed by atoms with Gasteiger partial charge in [-0.25, -0.2) is 4.79 Å². The van der Waals surface area contributed by atoms with Gasteiger partial charge in [-0.15, -0.1) is 0 Å². The summed E-state index contributed by atoms with van der Waals surface area (Å²) in [6.07, 6.45) is 6.80. The topological polar surface area (TPSA) is 58.6 Å². The van der Waals surface area contributed by atoms with Crippen molar-refractivity contribution < 1.29 is 14.6 Å². The van der Waals surface area contributed by atoms with Gasteiger partial charge in [0.1, 0.15) is 0 Å². The van der Waals surface area contributed by atoms with E-state index in [0.29, 0.717) is 24.2 Å². The van der Waals surface area contributed by atoms with E-state index in [0.717, 1.165) is 36.8 Å². The van der Waals surface area contributed by atoms with E-state index in [9.17, 15) is 9.90 Å². The standard InChI is InChI=1S/C24H28ClNO3/c1-2-29-24(28)12-10-17-9-11-18-5-4-8-22(15-20(18)13-17)26-16-23(27)19-6-3-7-21(25)14-19/h3,6-7,9-14,22-23,26-27H,2,4-5,8,15-16H2,1H3/b12-10+/t22?,23-/m0/s1. The van der Waals surface area contributed by atoms with Crippen LogP contribution in [0.5, 0.6) is 0 Å². The summed E-state index contributed by atoms with van der Waals surface area (Å²) in [5.41, 5.74) is 4.48. The van der Waals surface area contributed by atoms with Crippen molar-refractivity contribution in [3.8, 4) is 0 Å². The first-order valence-corrected chi connectivity index (χ1v) is 10.6. The lowest BCUT2D eigenvalue weighted by molar-refractivity contribution is -0.137. The third kappa shape index (κ3) is 6.43. The molecule has 2 aromatic carbocycles. The Hall–Kier alpha value is -2.14. The number of hydrogen-bond donors (Lipinski definition) is 2. The zero-order valence-electron chi connectivity index (χ0n) is 16.7. The highest BCUT2D eigenvalue weighted by atomic mass is 35.5. The minimum absolute atomic E-state index is 0.300. The highest BCUT2D eigenvalue weighted by molar-refractivity contribution is 6.30. The first-order chi connectivity index (χ1) is 14.0. The third-order valence-electron chi connectivity index (χ3n) is 5.23. The highest BCUT2D eigenvalue weighted by Crippen LogP contribution is 2.24. The van der Waals surface area contributed by atoms with Crippen LogP contribution in [0.1, 0.15) is 48.1 Å². The minimum Gasteiger partial charge on any atom is -0.463 e. The molecule has 2 aromatic rings. The average molecular weight is 414 g/mol. The Bertz CT molecular complexity index is 865. The molecule has 4 nitrogen and oxygen atoms in total. The van der Waals surface area contributed by atoms with Crippen LogP contribution in [-0.2, 0) is 22.4 Å². The van der Waals surface area contributed by atoms with E-state index in [4.69, 9.17) is 16.3 Å². The number of carbonyl (C=O) groups is 1. The monoisotopic (exact) mass is 413 g/mol. The van der Waals surface area contributed by atoms with Gasteiger partial charge in [0.15, 0.2) is 0 Å². The summed E-state index contributed by atoms with van der Waals surface area (Å²) >= 11 is 6.03. The van der Waals surface area contributed by atoms with Crippen LogP contribution >= 0.6 is 11.6 Å². The summed E-state index contributed by atoms with van der Waals surface area (Å²) in [7, 11) is 0. The molecule has 0 amide bonds. The molecule has 0 saturated carbocycles. The van der Waals surface area contributed by atoms with Gasteiger partial charge in [0, 0.05) is 23.7 Å². The van der Waals surface area contributed by atoms with Gasteiger partial charge >= 0.3 is 5.97 Å². The molecular weight excluding hydrogens is 386 g/mol. The fourth-order valence-electron chi connectivity index (χ4n) is 3.73. The fourth-order valence-corrected chi connectivity index (χ4v) is 3.93. The van der Waals surface area contributed by atoms with E-state index >= 15 is 0 Å². The van der Waals surface area contributed by atoms with Crippen molar-refractivity contribution in [1.82, 2.24) is 5.32 Å². The van der Waals surface area contributed by atoms with Crippen molar-refractivity contribution >= 4 is 23.6 Å². The quantitative estimate of drug-likeness (QED) is 0.399. The summed E-state index contributed by atoms with van der Waals surface area (Å²) in [4.78, 5) is 11.5. The molecule has 0 heterocycles. The van der Waals surface area contributed by atoms with E-state index < -0.39 is 6.10 Å². The predicted molar refractivity (Wildman–Crippen MR) is 117 cm³/mol. The molecule has 1 aliphatic rings. The van der Waals surface area contributed by atoms with Crippen molar-refractivity contribution in [2.24, 2.45) is 0 Å². The van der Waals surface area contributed by atoms with Crippen LogP contribution in [0.3, 0.4) is 0 Å². The first-order valence-electron chi connectivity index (χ1n) is 10.2. The summed E-state index contributed by atoms with van der Waals surface area (Å²) in [5.74, 6) is -0.322. The molecule has 2 atom stereocenters. The van der Waals surface area contributed by atoms with Gasteiger partial charge in [0.2, 0.25) is 0 Å². The maximum atomic E-state index is 11.5. The summed E-state index contributed by atoms with van der Waals surface area (Å²) in [6.45, 7) is 2.66. The van der Waals surface area contributed by atoms with Gasteiger partial charge in [-0.05, 0) is 73.1 Å². The molecule has 3 rings (SSSR count). The molecular formula is C24H28ClNO3. The van der Waals surface area contributed by atoms with Gasteiger partial charge in [-0.1, -0.05) is 41.9 Å². The number of hydrogen-bond acceptors (Lipinski definition) is 4. The SMILES string of the molecule is CCOC(=O)/C=C/c1ccc2c(c1)CC(NC[C@H](O)c1cccc(Cl)c1)CCC2. The molecule has 0 aromatic heterocycles. The second-order valence-corrected chi connectivity index (χ2v) is 7.82. The smallest absolute Gasteiger partial charge is 0.330 e. The molecule has 0 bridgehead atoms. The Morgan fingerprint density at radius 3 is 2.97 bits per heavy atom. The van der Waals surface area contributed by atoms with E-state index in [1.54, 1.807) is 25.1 Å². The second kappa shape index (κ2) is 10.6. The largest absolute Gasteiger partial charge is 0.463 e. The lowest BCUT2D eigenvalue weighted by Crippen LogP contribution is -2.34. The van der Waals surface area contributed by atoms with Gasteiger partial charge < -0.3 is 15.2 Å². The number of ether oxygens (including phenoxy) is 1. The summed E-state index contributed by atoms with van der Waals surface area (Å²) < 4.78 is 4.94. The number of fused-ring (bicyclic) bond motifs is 1. The summed E-state index contributed by atoms with van der Waals surface area (Å²) in [6, 6.07) is 14.0. The molecule has 1 unspecified atom stereocenters. The van der Waals surface area contributed by atoms with Crippen LogP contribution in [0, 0.1) is 0 Å². The van der Waals surface area contributed by atoms with Gasteiger partial charge in [-0.2, -0.15) is 0 Å². The van der Waals surface area contributed by atoms with Crippen LogP contribution in [-0.4, -0.2) is 30.3 Å². The normalized spacial score (nSPS) is 17.6. The Labute approximate surface area is 177 Å². The number of nitrogens with one attached hydrogen (secondary N) is 1. The van der Waals surface area contributed by atoms with Crippen LogP contribution < -0.4 is 5.32 Å². The Kier molecular flexibility index (Phi) is 7.87. The average Bonchev–Trinajstić information content (AvgIpc) is 2.92. The maximum Gasteiger partial charge on any atom is 0.330 e. The van der Waals surface area contributed by atoms with Crippen LogP contribution in [0.25, 0.3) is 6.08 Å². The molecule has 2 N–H and O–H groups in total. The van der Waals surface area contributed by atoms with E-state index in [1.165, 1.54) is 17.2 Å². The number of aryl methyl sites for hydroxylation is 1. The third-order valence-corrected chi connectivity index (χ3v) is 5.46. The predicted octanol–water partition coefficient (Wildman–Crippen LogP) is 4.49. The number of esters is 1. The first kappa shape index (κ1) is 21.6. The van der Waals surface area contributed by atoms with Crippen molar-refractivity contribution in [2.75, 3.05) is 13.2 Å². The number of aliphatic hydroxyl groups excluding tert-OH is 1. The number of aliphatic hydroxyl groups is 1. The highest BCUT2D eigenvalue weighted by Gasteiger charge is 2.18. The Balaban J connectivity index is 1.63. The van der Waals surface area contributed by atoms with Crippen LogP contribution in [0.4, 0.5) is 0 Å². The van der Waals surface area contributed by atoms with Crippen molar-refractivity contribution in [2.45, 2.75) is 44.8 Å². The minimum atomic E-state index is -0.588. The van der Waals surface area contributed by atoms with E-state index in [1.807, 2.05) is 18.2 Å². The fraction of sp³-hybridized carbons (Fsp3) is 0.375. The lowest BCUT2D eigenvalue weighted by Gasteiger charge is -2.20. The number of carbonyl (C=O) groups excluding carboxylic acids is 1. The van der Waals surface area contributed by atoms with Crippen LogP contribution in [0.15, 0.2) is 48.5 Å². The van der Waals surface area contributed by atoms with Crippen molar-refractivity contribution in [3.05, 3.63) is 75.8 Å². The second-order valence-electron chi connectivity index (χ2n) is 7.39. The lowest BCUT2D eigenvalue weighted by atomic mass is 9.98. The van der Waals surface area contributed by atoms with E-state index in [-0.39, 0.29) is 5.97 Å². The Morgan fingerprint density at radius 1 is 1.31 bits per heavy atom.